The third-order valence-corrected chi connectivity index (χ3v) is 2.52. The lowest BCUT2D eigenvalue weighted by Crippen LogP contribution is -2.07. The molecule has 0 unspecified atom stereocenters. The average molecular weight is 237 g/mol. The van der Waals surface area contributed by atoms with E-state index in [-0.39, 0.29) is 0 Å². The second-order valence-electron chi connectivity index (χ2n) is 4.04. The van der Waals surface area contributed by atoms with Crippen molar-refractivity contribution in [3.63, 3.8) is 0 Å². The summed E-state index contributed by atoms with van der Waals surface area (Å²) in [5, 5.41) is 0. The molecule has 1 aromatic heterocycles. The van der Waals surface area contributed by atoms with E-state index in [0.29, 0.717) is 13.2 Å². The van der Waals surface area contributed by atoms with Gasteiger partial charge in [0.2, 0.25) is 0 Å². The van der Waals surface area contributed by atoms with Crippen LogP contribution in [0.3, 0.4) is 0 Å². The number of aromatic nitrogens is 1. The van der Waals surface area contributed by atoms with Gasteiger partial charge in [0.05, 0.1) is 24.6 Å². The van der Waals surface area contributed by atoms with Gasteiger partial charge in [0.15, 0.2) is 0 Å². The molecule has 0 aliphatic carbocycles. The summed E-state index contributed by atoms with van der Waals surface area (Å²) in [6.45, 7) is 4.09. The molecule has 2 rings (SSSR count). The van der Waals surface area contributed by atoms with Crippen molar-refractivity contribution >= 4 is 0 Å². The molecule has 0 saturated carbocycles. The fraction of sp³-hybridized carbons (Fsp3) is 0.615. The van der Waals surface area contributed by atoms with Crippen LogP contribution in [0.2, 0.25) is 0 Å². The molecule has 2 heterocycles. The molecule has 0 atom stereocenters. The van der Waals surface area contributed by atoms with Crippen LogP contribution in [-0.4, -0.2) is 31.4 Å². The highest BCUT2D eigenvalue weighted by molar-refractivity contribution is 5.09. The molecule has 1 aliphatic heterocycles. The van der Waals surface area contributed by atoms with E-state index in [1.54, 1.807) is 0 Å². The molecular formula is C13H19NO3. The molecule has 94 valence electrons. The third kappa shape index (κ3) is 4.81. The predicted molar refractivity (Wildman–Crippen MR) is 63.6 cm³/mol. The van der Waals surface area contributed by atoms with Gasteiger partial charge in [0.25, 0.3) is 0 Å². The van der Waals surface area contributed by atoms with Crippen molar-refractivity contribution in [1.82, 2.24) is 4.98 Å². The first-order chi connectivity index (χ1) is 8.45. The van der Waals surface area contributed by atoms with E-state index in [1.165, 1.54) is 0 Å². The van der Waals surface area contributed by atoms with Crippen LogP contribution in [0.25, 0.3) is 0 Å². The minimum atomic E-state index is 0.563. The van der Waals surface area contributed by atoms with Crippen LogP contribution in [0.5, 0.6) is 0 Å². The van der Waals surface area contributed by atoms with Crippen molar-refractivity contribution in [3.8, 4) is 0 Å². The monoisotopic (exact) mass is 237 g/mol. The predicted octanol–water partition coefficient (Wildman–Crippen LogP) is 1.93. The lowest BCUT2D eigenvalue weighted by molar-refractivity contribution is 0.0523. The van der Waals surface area contributed by atoms with Crippen LogP contribution in [-0.2, 0) is 27.4 Å². The molecule has 0 radical (unpaired) electrons. The molecule has 1 aliphatic rings. The number of rotatable bonds is 0. The Morgan fingerprint density at radius 3 is 1.88 bits per heavy atom. The zero-order valence-electron chi connectivity index (χ0n) is 10.1. The van der Waals surface area contributed by atoms with E-state index < -0.39 is 0 Å². The van der Waals surface area contributed by atoms with Gasteiger partial charge in [-0.25, -0.2) is 0 Å². The molecule has 0 aromatic carbocycles. The fourth-order valence-corrected chi connectivity index (χ4v) is 1.67. The number of nitrogens with zero attached hydrogens (tertiary/aromatic N) is 1. The van der Waals surface area contributed by atoms with Crippen LogP contribution in [0, 0.1) is 0 Å². The topological polar surface area (TPSA) is 40.6 Å². The molecule has 2 bridgehead atoms. The van der Waals surface area contributed by atoms with E-state index in [1.807, 2.05) is 18.2 Å². The van der Waals surface area contributed by atoms with Crippen molar-refractivity contribution in [2.75, 3.05) is 26.4 Å². The molecular weight excluding hydrogens is 218 g/mol. The molecule has 17 heavy (non-hydrogen) atoms. The first-order valence-corrected chi connectivity index (χ1v) is 6.13. The Morgan fingerprint density at radius 2 is 1.29 bits per heavy atom. The SMILES string of the molecule is c1cc2nc(c1)COCCCOCCCOC2. The van der Waals surface area contributed by atoms with Crippen molar-refractivity contribution in [1.29, 1.82) is 0 Å². The second-order valence-corrected chi connectivity index (χ2v) is 4.04. The van der Waals surface area contributed by atoms with E-state index >= 15 is 0 Å². The number of fused-ring (bicyclic) bond motifs is 2. The van der Waals surface area contributed by atoms with Gasteiger partial charge in [-0.05, 0) is 25.0 Å². The Bertz CT molecular complexity index is 303. The van der Waals surface area contributed by atoms with Crippen molar-refractivity contribution in [3.05, 3.63) is 29.6 Å². The molecule has 0 spiro atoms. The van der Waals surface area contributed by atoms with E-state index in [0.717, 1.165) is 50.7 Å². The van der Waals surface area contributed by atoms with E-state index in [2.05, 4.69) is 4.98 Å². The Morgan fingerprint density at radius 1 is 0.765 bits per heavy atom. The average Bonchev–Trinajstić information content (AvgIpc) is 2.36. The highest BCUT2D eigenvalue weighted by Gasteiger charge is 2.00. The summed E-state index contributed by atoms with van der Waals surface area (Å²) in [5.74, 6) is 0. The molecule has 0 N–H and O–H groups in total. The number of pyridine rings is 1. The zero-order valence-corrected chi connectivity index (χ0v) is 10.1. The summed E-state index contributed by atoms with van der Waals surface area (Å²) < 4.78 is 16.5. The second kappa shape index (κ2) is 7.37. The first kappa shape index (κ1) is 12.5. The lowest BCUT2D eigenvalue weighted by Gasteiger charge is -2.09. The largest absolute Gasteiger partial charge is 0.381 e. The summed E-state index contributed by atoms with van der Waals surface area (Å²) in [5.41, 5.74) is 1.92. The third-order valence-electron chi connectivity index (χ3n) is 2.52. The maximum atomic E-state index is 5.53. The van der Waals surface area contributed by atoms with Crippen molar-refractivity contribution < 1.29 is 14.2 Å². The van der Waals surface area contributed by atoms with Gasteiger partial charge < -0.3 is 14.2 Å². The fourth-order valence-electron chi connectivity index (χ4n) is 1.67. The molecule has 0 fully saturated rings. The lowest BCUT2D eigenvalue weighted by atomic mass is 10.3. The normalized spacial score (nSPS) is 19.5. The molecule has 0 saturated heterocycles. The minimum Gasteiger partial charge on any atom is -0.381 e. The number of hydrogen-bond acceptors (Lipinski definition) is 4. The number of ether oxygens (including phenoxy) is 3. The Labute approximate surface area is 102 Å². The van der Waals surface area contributed by atoms with Gasteiger partial charge in [-0.1, -0.05) is 6.07 Å². The molecule has 1 aromatic rings. The highest BCUT2D eigenvalue weighted by Crippen LogP contribution is 2.04. The summed E-state index contributed by atoms with van der Waals surface area (Å²) in [6, 6.07) is 5.96. The highest BCUT2D eigenvalue weighted by atomic mass is 16.5. The summed E-state index contributed by atoms with van der Waals surface area (Å²) in [4.78, 5) is 4.48. The van der Waals surface area contributed by atoms with Gasteiger partial charge in [-0.3, -0.25) is 4.98 Å². The Balaban J connectivity index is 1.91. The van der Waals surface area contributed by atoms with Crippen LogP contribution >= 0.6 is 0 Å². The van der Waals surface area contributed by atoms with E-state index in [4.69, 9.17) is 14.2 Å². The standard InChI is InChI=1S/C13H19NO3/c1-4-12-10-16-8-2-6-15-7-3-9-17-11-13(5-1)14-12/h1,4-5H,2-3,6-11H2. The van der Waals surface area contributed by atoms with Gasteiger partial charge in [-0.2, -0.15) is 0 Å². The van der Waals surface area contributed by atoms with Crippen molar-refractivity contribution in [2.45, 2.75) is 26.1 Å². The maximum absolute atomic E-state index is 5.53. The van der Waals surface area contributed by atoms with Gasteiger partial charge in [0, 0.05) is 26.4 Å². The molecule has 4 nitrogen and oxygen atoms in total. The summed E-state index contributed by atoms with van der Waals surface area (Å²) >= 11 is 0. The quantitative estimate of drug-likeness (QED) is 0.691. The van der Waals surface area contributed by atoms with Crippen LogP contribution in [0.4, 0.5) is 0 Å². The zero-order chi connectivity index (χ0) is 11.8. The van der Waals surface area contributed by atoms with Crippen LogP contribution in [0.15, 0.2) is 18.2 Å². The first-order valence-electron chi connectivity index (χ1n) is 6.13. The number of hydrogen-bond donors (Lipinski definition) is 0. The minimum absolute atomic E-state index is 0.563. The van der Waals surface area contributed by atoms with Gasteiger partial charge >= 0.3 is 0 Å². The Hall–Kier alpha value is -0.970. The van der Waals surface area contributed by atoms with Crippen LogP contribution < -0.4 is 0 Å². The molecule has 0 amide bonds. The smallest absolute Gasteiger partial charge is 0.0887 e. The molecule has 4 heteroatoms. The summed E-state index contributed by atoms with van der Waals surface area (Å²) in [7, 11) is 0. The van der Waals surface area contributed by atoms with Gasteiger partial charge in [0.1, 0.15) is 0 Å². The van der Waals surface area contributed by atoms with Crippen LogP contribution in [0.1, 0.15) is 24.2 Å². The van der Waals surface area contributed by atoms with Gasteiger partial charge in [-0.15, -0.1) is 0 Å². The van der Waals surface area contributed by atoms with E-state index in [9.17, 15) is 0 Å². The van der Waals surface area contributed by atoms with Crippen molar-refractivity contribution in [2.24, 2.45) is 0 Å². The summed E-state index contributed by atoms with van der Waals surface area (Å²) in [6.07, 6.45) is 1.86. The maximum Gasteiger partial charge on any atom is 0.0887 e. The Kier molecular flexibility index (Phi) is 5.42.